The van der Waals surface area contributed by atoms with Crippen LogP contribution >= 0.6 is 45.2 Å². The molecular weight excluding hydrogens is 426 g/mol. The highest BCUT2D eigenvalue weighted by Gasteiger charge is 2.09. The van der Waals surface area contributed by atoms with Gasteiger partial charge in [-0.1, -0.05) is 45.2 Å². The number of aliphatic hydroxyl groups excluding tert-OH is 1. The van der Waals surface area contributed by atoms with Crippen molar-refractivity contribution in [1.29, 1.82) is 0 Å². The third-order valence-electron chi connectivity index (χ3n) is 1.50. The van der Waals surface area contributed by atoms with Crippen molar-refractivity contribution in [1.82, 2.24) is 0 Å². The second-order valence-electron chi connectivity index (χ2n) is 2.74. The summed E-state index contributed by atoms with van der Waals surface area (Å²) in [6, 6.07) is 0. The molecule has 0 fully saturated rings. The molecule has 0 aliphatic rings. The summed E-state index contributed by atoms with van der Waals surface area (Å²) in [6.45, 7) is 2.90. The van der Waals surface area contributed by atoms with Crippen LogP contribution in [0.15, 0.2) is 0 Å². The molecule has 92 valence electrons. The van der Waals surface area contributed by atoms with Crippen molar-refractivity contribution >= 4 is 45.2 Å². The van der Waals surface area contributed by atoms with Crippen LogP contribution in [0.3, 0.4) is 0 Å². The highest BCUT2D eigenvalue weighted by atomic mass is 127. The van der Waals surface area contributed by atoms with Gasteiger partial charge >= 0.3 is 0 Å². The zero-order valence-electron chi connectivity index (χ0n) is 8.66. The van der Waals surface area contributed by atoms with Crippen LogP contribution < -0.4 is 0 Å². The molecule has 1 atom stereocenters. The summed E-state index contributed by atoms with van der Waals surface area (Å²) in [4.78, 5) is 0. The van der Waals surface area contributed by atoms with Crippen LogP contribution in [-0.2, 0) is 14.2 Å². The standard InChI is InChI=1S/C9H18I2O4/c10-1-4-13-7-9(15-5-2-11)8-14-6-3-12/h9,12H,1-8H2. The number of ether oxygens (including phenoxy) is 3. The van der Waals surface area contributed by atoms with Crippen LogP contribution in [-0.4, -0.2) is 59.7 Å². The van der Waals surface area contributed by atoms with Crippen LogP contribution in [0.1, 0.15) is 0 Å². The number of hydrogen-bond donors (Lipinski definition) is 1. The molecule has 0 aromatic rings. The first kappa shape index (κ1) is 16.3. The Kier molecular flexibility index (Phi) is 14.5. The van der Waals surface area contributed by atoms with E-state index in [4.69, 9.17) is 19.3 Å². The van der Waals surface area contributed by atoms with E-state index >= 15 is 0 Å². The fraction of sp³-hybridized carbons (Fsp3) is 1.00. The Hall–Kier alpha value is 1.30. The maximum absolute atomic E-state index is 8.57. The Morgan fingerprint density at radius 2 is 1.53 bits per heavy atom. The molecule has 0 saturated heterocycles. The van der Waals surface area contributed by atoms with Crippen molar-refractivity contribution in [2.24, 2.45) is 0 Å². The van der Waals surface area contributed by atoms with Crippen LogP contribution in [0.25, 0.3) is 0 Å². The highest BCUT2D eigenvalue weighted by Crippen LogP contribution is 1.97. The second-order valence-corrected chi connectivity index (χ2v) is 4.90. The largest absolute Gasteiger partial charge is 0.394 e. The minimum absolute atomic E-state index is 0.0192. The van der Waals surface area contributed by atoms with E-state index in [0.717, 1.165) is 15.5 Å². The van der Waals surface area contributed by atoms with E-state index in [-0.39, 0.29) is 12.7 Å². The predicted molar refractivity (Wildman–Crippen MR) is 76.2 cm³/mol. The van der Waals surface area contributed by atoms with Gasteiger partial charge in [-0.05, 0) is 0 Å². The number of hydrogen-bond acceptors (Lipinski definition) is 4. The van der Waals surface area contributed by atoms with Gasteiger partial charge in [-0.25, -0.2) is 0 Å². The van der Waals surface area contributed by atoms with E-state index in [1.54, 1.807) is 0 Å². The molecule has 0 bridgehead atoms. The van der Waals surface area contributed by atoms with Crippen LogP contribution in [0.4, 0.5) is 0 Å². The van der Waals surface area contributed by atoms with Gasteiger partial charge in [0.15, 0.2) is 0 Å². The highest BCUT2D eigenvalue weighted by molar-refractivity contribution is 14.1. The molecule has 0 rings (SSSR count). The lowest BCUT2D eigenvalue weighted by Crippen LogP contribution is -2.27. The lowest BCUT2D eigenvalue weighted by atomic mass is 10.4. The van der Waals surface area contributed by atoms with Crippen molar-refractivity contribution in [3.8, 4) is 0 Å². The molecule has 6 heteroatoms. The minimum atomic E-state index is -0.0192. The third kappa shape index (κ3) is 11.6. The summed E-state index contributed by atoms with van der Waals surface area (Å²) in [5.41, 5.74) is 0. The summed E-state index contributed by atoms with van der Waals surface area (Å²) in [6.07, 6.45) is -0.0192. The number of alkyl halides is 2. The van der Waals surface area contributed by atoms with Gasteiger partial charge in [0.05, 0.1) is 39.6 Å². The molecule has 0 saturated carbocycles. The van der Waals surface area contributed by atoms with Gasteiger partial charge < -0.3 is 19.3 Å². The summed E-state index contributed by atoms with van der Waals surface area (Å²) in [7, 11) is 0. The number of halogens is 2. The molecule has 4 nitrogen and oxygen atoms in total. The first-order valence-corrected chi connectivity index (χ1v) is 7.90. The molecule has 0 heterocycles. The second kappa shape index (κ2) is 13.4. The van der Waals surface area contributed by atoms with Gasteiger partial charge in [0.1, 0.15) is 6.10 Å². The van der Waals surface area contributed by atoms with Gasteiger partial charge in [0, 0.05) is 8.86 Å². The topological polar surface area (TPSA) is 47.9 Å². The maximum atomic E-state index is 8.57. The molecule has 1 unspecified atom stereocenters. The van der Waals surface area contributed by atoms with E-state index in [2.05, 4.69) is 45.2 Å². The van der Waals surface area contributed by atoms with E-state index in [0.29, 0.717) is 26.4 Å². The van der Waals surface area contributed by atoms with E-state index in [1.807, 2.05) is 0 Å². The Bertz CT molecular complexity index is 117. The van der Waals surface area contributed by atoms with Gasteiger partial charge in [-0.2, -0.15) is 0 Å². The molecular formula is C9H18I2O4. The number of aliphatic hydroxyl groups is 1. The summed E-state index contributed by atoms with van der Waals surface area (Å²) in [5, 5.41) is 8.57. The quantitative estimate of drug-likeness (QED) is 0.297. The minimum Gasteiger partial charge on any atom is -0.394 e. The average molecular weight is 444 g/mol. The maximum Gasteiger partial charge on any atom is 0.104 e. The molecule has 0 spiro atoms. The average Bonchev–Trinajstić information content (AvgIpc) is 2.25. The Morgan fingerprint density at radius 3 is 2.07 bits per heavy atom. The van der Waals surface area contributed by atoms with Gasteiger partial charge in [0.2, 0.25) is 0 Å². The Labute approximate surface area is 118 Å². The van der Waals surface area contributed by atoms with Crippen molar-refractivity contribution < 1.29 is 19.3 Å². The van der Waals surface area contributed by atoms with Gasteiger partial charge in [0.25, 0.3) is 0 Å². The zero-order chi connectivity index (χ0) is 11.4. The normalized spacial score (nSPS) is 13.0. The van der Waals surface area contributed by atoms with E-state index in [1.165, 1.54) is 0 Å². The van der Waals surface area contributed by atoms with Gasteiger partial charge in [-0.3, -0.25) is 0 Å². The number of rotatable bonds is 11. The monoisotopic (exact) mass is 444 g/mol. The molecule has 0 aliphatic carbocycles. The molecule has 0 aromatic carbocycles. The molecule has 0 aromatic heterocycles. The van der Waals surface area contributed by atoms with Crippen molar-refractivity contribution in [2.45, 2.75) is 6.10 Å². The molecule has 15 heavy (non-hydrogen) atoms. The van der Waals surface area contributed by atoms with Gasteiger partial charge in [-0.15, -0.1) is 0 Å². The van der Waals surface area contributed by atoms with Crippen LogP contribution in [0.5, 0.6) is 0 Å². The van der Waals surface area contributed by atoms with E-state index in [9.17, 15) is 0 Å². The molecule has 1 N–H and O–H groups in total. The fourth-order valence-corrected chi connectivity index (χ4v) is 1.47. The van der Waals surface area contributed by atoms with Crippen LogP contribution in [0, 0.1) is 0 Å². The Morgan fingerprint density at radius 1 is 0.933 bits per heavy atom. The molecule has 0 amide bonds. The first-order valence-electron chi connectivity index (χ1n) is 4.85. The molecule has 0 radical (unpaired) electrons. The van der Waals surface area contributed by atoms with Crippen molar-refractivity contribution in [3.05, 3.63) is 0 Å². The molecule has 0 aliphatic heterocycles. The lowest BCUT2D eigenvalue weighted by Gasteiger charge is -2.17. The van der Waals surface area contributed by atoms with E-state index < -0.39 is 0 Å². The fourth-order valence-electron chi connectivity index (χ4n) is 0.904. The lowest BCUT2D eigenvalue weighted by molar-refractivity contribution is -0.0566. The third-order valence-corrected chi connectivity index (χ3v) is 2.38. The van der Waals surface area contributed by atoms with Crippen LogP contribution in [0.2, 0.25) is 0 Å². The Balaban J connectivity index is 3.53. The smallest absolute Gasteiger partial charge is 0.104 e. The van der Waals surface area contributed by atoms with Crippen molar-refractivity contribution in [3.63, 3.8) is 0 Å². The SMILES string of the molecule is OCCOCC(COCCI)OCCI. The summed E-state index contributed by atoms with van der Waals surface area (Å²) >= 11 is 4.53. The predicted octanol–water partition coefficient (Wildman–Crippen LogP) is 1.27. The van der Waals surface area contributed by atoms with Crippen molar-refractivity contribution in [2.75, 3.05) is 48.5 Å². The zero-order valence-corrected chi connectivity index (χ0v) is 13.0. The first-order chi connectivity index (χ1) is 7.35. The summed E-state index contributed by atoms with van der Waals surface area (Å²) < 4.78 is 18.1. The summed E-state index contributed by atoms with van der Waals surface area (Å²) in [5.74, 6) is 0.